The lowest BCUT2D eigenvalue weighted by atomic mass is 9.95. The third-order valence-electron chi connectivity index (χ3n) is 3.41. The lowest BCUT2D eigenvalue weighted by molar-refractivity contribution is 0.526. The van der Waals surface area contributed by atoms with Crippen LogP contribution in [0.3, 0.4) is 0 Å². The molecule has 1 unspecified atom stereocenters. The molecule has 0 saturated carbocycles. The van der Waals surface area contributed by atoms with Crippen LogP contribution in [0.5, 0.6) is 0 Å². The highest BCUT2D eigenvalue weighted by atomic mass is 32.1. The fourth-order valence-corrected chi connectivity index (χ4v) is 3.09. The Balaban J connectivity index is 2.13. The quantitative estimate of drug-likeness (QED) is 0.866. The lowest BCUT2D eigenvalue weighted by Crippen LogP contribution is -2.29. The maximum Gasteiger partial charge on any atom is 0.0934 e. The number of thiazole rings is 1. The number of aromatic nitrogens is 1. The Hall–Kier alpha value is -1.19. The van der Waals surface area contributed by atoms with Crippen LogP contribution in [0.15, 0.2) is 29.6 Å². The first kappa shape index (κ1) is 15.2. The van der Waals surface area contributed by atoms with E-state index in [1.165, 1.54) is 16.1 Å². The summed E-state index contributed by atoms with van der Waals surface area (Å²) < 4.78 is 0. The van der Waals surface area contributed by atoms with Crippen molar-refractivity contribution in [2.24, 2.45) is 0 Å². The summed E-state index contributed by atoms with van der Waals surface area (Å²) in [5, 5.41) is 6.93. The van der Waals surface area contributed by atoms with Gasteiger partial charge in [-0.2, -0.15) is 0 Å². The number of hydrogen-bond acceptors (Lipinski definition) is 3. The van der Waals surface area contributed by atoms with Gasteiger partial charge in [-0.25, -0.2) is 4.98 Å². The standard InChI is InChI=1S/C17H24N2S/c1-12(2)18-10-16(9-17-19-14(4)11-20-17)15-7-5-13(3)6-8-15/h5-8,11-12,16,18H,9-10H2,1-4H3. The topological polar surface area (TPSA) is 24.9 Å². The first-order valence-corrected chi connectivity index (χ1v) is 8.13. The van der Waals surface area contributed by atoms with Gasteiger partial charge in [0, 0.05) is 36.0 Å². The summed E-state index contributed by atoms with van der Waals surface area (Å²) in [6.07, 6.45) is 1.02. The first-order chi connectivity index (χ1) is 9.54. The molecular formula is C17H24N2S. The molecule has 2 rings (SSSR count). The minimum absolute atomic E-state index is 0.489. The van der Waals surface area contributed by atoms with Gasteiger partial charge in [0.2, 0.25) is 0 Å². The molecule has 0 bridgehead atoms. The van der Waals surface area contributed by atoms with Gasteiger partial charge in [0.1, 0.15) is 0 Å². The van der Waals surface area contributed by atoms with Gasteiger partial charge in [-0.1, -0.05) is 43.7 Å². The van der Waals surface area contributed by atoms with Crippen LogP contribution in [0.4, 0.5) is 0 Å². The molecule has 0 spiro atoms. The molecule has 0 amide bonds. The van der Waals surface area contributed by atoms with Crippen LogP contribution in [0.2, 0.25) is 0 Å². The highest BCUT2D eigenvalue weighted by Gasteiger charge is 2.14. The van der Waals surface area contributed by atoms with Crippen molar-refractivity contribution in [1.82, 2.24) is 10.3 Å². The first-order valence-electron chi connectivity index (χ1n) is 7.25. The molecule has 2 aromatic rings. The summed E-state index contributed by atoms with van der Waals surface area (Å²) in [4.78, 5) is 4.61. The Morgan fingerprint density at radius 3 is 2.40 bits per heavy atom. The zero-order valence-corrected chi connectivity index (χ0v) is 13.6. The number of hydrogen-bond donors (Lipinski definition) is 1. The molecule has 1 N–H and O–H groups in total. The van der Waals surface area contributed by atoms with Gasteiger partial charge < -0.3 is 5.32 Å². The maximum atomic E-state index is 4.61. The SMILES string of the molecule is Cc1ccc(C(CNC(C)C)Cc2nc(C)cs2)cc1. The molecule has 1 atom stereocenters. The Morgan fingerprint density at radius 1 is 1.15 bits per heavy atom. The van der Waals surface area contributed by atoms with Crippen molar-refractivity contribution in [2.45, 2.75) is 46.1 Å². The van der Waals surface area contributed by atoms with Gasteiger partial charge >= 0.3 is 0 Å². The molecule has 0 fully saturated rings. The summed E-state index contributed by atoms with van der Waals surface area (Å²) in [5.41, 5.74) is 3.84. The monoisotopic (exact) mass is 288 g/mol. The molecule has 20 heavy (non-hydrogen) atoms. The van der Waals surface area contributed by atoms with E-state index in [9.17, 15) is 0 Å². The van der Waals surface area contributed by atoms with E-state index >= 15 is 0 Å². The minimum atomic E-state index is 0.489. The normalized spacial score (nSPS) is 12.8. The van der Waals surface area contributed by atoms with Gasteiger partial charge in [-0.15, -0.1) is 11.3 Å². The van der Waals surface area contributed by atoms with Gasteiger partial charge in [-0.05, 0) is 19.4 Å². The van der Waals surface area contributed by atoms with E-state index in [0.717, 1.165) is 18.7 Å². The molecule has 3 heteroatoms. The van der Waals surface area contributed by atoms with Gasteiger partial charge in [0.05, 0.1) is 5.01 Å². The van der Waals surface area contributed by atoms with E-state index < -0.39 is 0 Å². The number of benzene rings is 1. The Kier molecular flexibility index (Phi) is 5.32. The van der Waals surface area contributed by atoms with Crippen molar-refractivity contribution < 1.29 is 0 Å². The molecule has 108 valence electrons. The average Bonchev–Trinajstić information content (AvgIpc) is 2.81. The van der Waals surface area contributed by atoms with Crippen LogP contribution in [-0.4, -0.2) is 17.6 Å². The van der Waals surface area contributed by atoms with E-state index in [1.54, 1.807) is 11.3 Å². The minimum Gasteiger partial charge on any atom is -0.314 e. The molecule has 1 aromatic heterocycles. The molecule has 0 aliphatic rings. The van der Waals surface area contributed by atoms with Crippen molar-refractivity contribution in [2.75, 3.05) is 6.54 Å². The van der Waals surface area contributed by atoms with E-state index in [0.29, 0.717) is 12.0 Å². The van der Waals surface area contributed by atoms with Crippen molar-refractivity contribution in [3.8, 4) is 0 Å². The second kappa shape index (κ2) is 7.00. The van der Waals surface area contributed by atoms with E-state index in [1.807, 2.05) is 0 Å². The summed E-state index contributed by atoms with van der Waals surface area (Å²) in [5.74, 6) is 0.489. The van der Waals surface area contributed by atoms with Crippen molar-refractivity contribution in [3.05, 3.63) is 51.5 Å². The molecule has 1 heterocycles. The van der Waals surface area contributed by atoms with Crippen molar-refractivity contribution >= 4 is 11.3 Å². The largest absolute Gasteiger partial charge is 0.314 e. The highest BCUT2D eigenvalue weighted by Crippen LogP contribution is 2.23. The lowest BCUT2D eigenvalue weighted by Gasteiger charge is -2.19. The Bertz CT molecular complexity index is 528. The number of aryl methyl sites for hydroxylation is 2. The summed E-state index contributed by atoms with van der Waals surface area (Å²) >= 11 is 1.77. The van der Waals surface area contributed by atoms with Crippen LogP contribution < -0.4 is 5.32 Å². The van der Waals surface area contributed by atoms with Crippen LogP contribution in [0, 0.1) is 13.8 Å². The van der Waals surface area contributed by atoms with E-state index in [-0.39, 0.29) is 0 Å². The molecule has 0 radical (unpaired) electrons. The Labute approximate surface area is 126 Å². The Morgan fingerprint density at radius 2 is 1.85 bits per heavy atom. The van der Waals surface area contributed by atoms with E-state index in [2.05, 4.69) is 67.6 Å². The van der Waals surface area contributed by atoms with Crippen LogP contribution in [-0.2, 0) is 6.42 Å². The molecule has 1 aromatic carbocycles. The van der Waals surface area contributed by atoms with Crippen molar-refractivity contribution in [1.29, 1.82) is 0 Å². The van der Waals surface area contributed by atoms with Crippen LogP contribution in [0.1, 0.15) is 41.6 Å². The average molecular weight is 288 g/mol. The summed E-state index contributed by atoms with van der Waals surface area (Å²) in [6, 6.07) is 9.42. The maximum absolute atomic E-state index is 4.61. The molecule has 0 aliphatic carbocycles. The fraction of sp³-hybridized carbons (Fsp3) is 0.471. The highest BCUT2D eigenvalue weighted by molar-refractivity contribution is 7.09. The summed E-state index contributed by atoms with van der Waals surface area (Å²) in [6.45, 7) is 9.58. The second-order valence-corrected chi connectivity index (χ2v) is 6.70. The number of nitrogens with zero attached hydrogens (tertiary/aromatic N) is 1. The van der Waals surface area contributed by atoms with Gasteiger partial charge in [-0.3, -0.25) is 0 Å². The predicted octanol–water partition coefficient (Wildman–Crippen LogP) is 4.08. The number of nitrogens with one attached hydrogen (secondary N) is 1. The second-order valence-electron chi connectivity index (χ2n) is 5.76. The van der Waals surface area contributed by atoms with Gasteiger partial charge in [0.15, 0.2) is 0 Å². The fourth-order valence-electron chi connectivity index (χ4n) is 2.23. The zero-order valence-electron chi connectivity index (χ0n) is 12.8. The molecule has 0 saturated heterocycles. The van der Waals surface area contributed by atoms with Gasteiger partial charge in [0.25, 0.3) is 0 Å². The third kappa shape index (κ3) is 4.43. The predicted molar refractivity (Wildman–Crippen MR) is 87.6 cm³/mol. The third-order valence-corrected chi connectivity index (χ3v) is 4.40. The van der Waals surface area contributed by atoms with Crippen LogP contribution in [0.25, 0.3) is 0 Å². The molecule has 0 aliphatic heterocycles. The zero-order chi connectivity index (χ0) is 14.5. The van der Waals surface area contributed by atoms with Crippen molar-refractivity contribution in [3.63, 3.8) is 0 Å². The number of rotatable bonds is 6. The summed E-state index contributed by atoms with van der Waals surface area (Å²) in [7, 11) is 0. The molecule has 2 nitrogen and oxygen atoms in total. The van der Waals surface area contributed by atoms with E-state index in [4.69, 9.17) is 0 Å². The van der Waals surface area contributed by atoms with Crippen LogP contribution >= 0.6 is 11.3 Å². The smallest absolute Gasteiger partial charge is 0.0934 e. The molecular weight excluding hydrogens is 264 g/mol.